The van der Waals surface area contributed by atoms with Crippen LogP contribution >= 0.6 is 33.3 Å². The van der Waals surface area contributed by atoms with E-state index in [2.05, 4.69) is 35.1 Å². The van der Waals surface area contributed by atoms with Gasteiger partial charge in [0.2, 0.25) is 0 Å². The second kappa shape index (κ2) is 5.81. The molecule has 0 amide bonds. The molecule has 0 spiro atoms. The van der Waals surface area contributed by atoms with E-state index < -0.39 is 7.45 Å². The highest BCUT2D eigenvalue weighted by atomic mass is 32.6. The Morgan fingerprint density at radius 1 is 1.59 bits per heavy atom. The molecule has 9 heteroatoms. The second-order valence-electron chi connectivity index (χ2n) is 3.50. The highest BCUT2D eigenvalue weighted by molar-refractivity contribution is 8.60. The molecule has 0 saturated heterocycles. The van der Waals surface area contributed by atoms with Crippen molar-refractivity contribution in [3.8, 4) is 0 Å². The van der Waals surface area contributed by atoms with E-state index in [1.807, 2.05) is 6.07 Å². The number of hydrogen-bond acceptors (Lipinski definition) is 3. The average molecular weight is 306 g/mol. The van der Waals surface area contributed by atoms with Gasteiger partial charge in [-0.15, -0.1) is 14.0 Å². The van der Waals surface area contributed by atoms with Crippen molar-refractivity contribution >= 4 is 44.3 Å². The van der Waals surface area contributed by atoms with Crippen LogP contribution in [0.4, 0.5) is 0 Å². The van der Waals surface area contributed by atoms with Gasteiger partial charge in [-0.1, -0.05) is 21.1 Å². The van der Waals surface area contributed by atoms with Crippen LogP contribution in [-0.4, -0.2) is 19.3 Å². The minimum absolute atomic E-state index is 0.00699. The van der Waals surface area contributed by atoms with Gasteiger partial charge >= 0.3 is 0 Å². The molecular formula is C8H14N4OP4. The third-order valence-corrected chi connectivity index (χ3v) is 11.7. The SMILES string of the molecule is CCCn1ccc2nnn(P(P)PP)c2c1=O. The first-order valence-corrected chi connectivity index (χ1v) is 11.7. The normalized spacial score (nSPS) is 13.8. The quantitative estimate of drug-likeness (QED) is 0.815. The zero-order valence-electron chi connectivity index (χ0n) is 9.37. The summed E-state index contributed by atoms with van der Waals surface area (Å²) in [7, 11) is 5.55. The van der Waals surface area contributed by atoms with Crippen molar-refractivity contribution in [1.29, 1.82) is 0 Å². The Labute approximate surface area is 106 Å². The zero-order chi connectivity index (χ0) is 12.4. The van der Waals surface area contributed by atoms with Crippen molar-refractivity contribution in [2.24, 2.45) is 0 Å². The summed E-state index contributed by atoms with van der Waals surface area (Å²) in [6, 6.07) is 1.86. The van der Waals surface area contributed by atoms with E-state index in [4.69, 9.17) is 0 Å². The van der Waals surface area contributed by atoms with Crippen LogP contribution in [0.15, 0.2) is 17.1 Å². The number of nitrogens with zero attached hydrogens (tertiary/aromatic N) is 4. The highest BCUT2D eigenvalue weighted by Gasteiger charge is 2.14. The lowest BCUT2D eigenvalue weighted by atomic mass is 10.4. The zero-order valence-corrected chi connectivity index (χ0v) is 13.6. The lowest BCUT2D eigenvalue weighted by Crippen LogP contribution is -2.20. The van der Waals surface area contributed by atoms with Crippen LogP contribution in [0, 0.1) is 0 Å². The minimum atomic E-state index is -0.537. The molecule has 0 aliphatic carbocycles. The summed E-state index contributed by atoms with van der Waals surface area (Å²) >= 11 is 0. The molecule has 0 N–H and O–H groups in total. The van der Waals surface area contributed by atoms with Crippen molar-refractivity contribution in [3.63, 3.8) is 0 Å². The molecule has 0 aliphatic rings. The predicted molar refractivity (Wildman–Crippen MR) is 82.1 cm³/mol. The molecule has 0 radical (unpaired) electrons. The van der Waals surface area contributed by atoms with Crippen LogP contribution in [0.3, 0.4) is 0 Å². The summed E-state index contributed by atoms with van der Waals surface area (Å²) in [5.74, 6) is 0. The third kappa shape index (κ3) is 2.59. The van der Waals surface area contributed by atoms with Crippen LogP contribution in [0.25, 0.3) is 11.0 Å². The van der Waals surface area contributed by atoms with E-state index in [9.17, 15) is 4.79 Å². The standard InChI is InChI=1S/C8H14N4OP4/c1-2-4-11-5-3-6-7(8(11)13)12(10-9-6)17(15)16-14/h3,5,16H,2,4,14-15H2,1H3. The average Bonchev–Trinajstić information content (AvgIpc) is 2.76. The van der Waals surface area contributed by atoms with Gasteiger partial charge in [-0.05, 0) is 20.4 Å². The third-order valence-electron chi connectivity index (χ3n) is 2.36. The first-order valence-electron chi connectivity index (χ1n) is 5.15. The fraction of sp³-hybridized carbons (Fsp3) is 0.375. The minimum Gasteiger partial charge on any atom is -0.314 e. The number of fused-ring (bicyclic) bond motifs is 1. The number of pyridine rings is 1. The number of rotatable bonds is 4. The van der Waals surface area contributed by atoms with Gasteiger partial charge in [-0.3, -0.25) is 4.79 Å². The van der Waals surface area contributed by atoms with Crippen molar-refractivity contribution < 1.29 is 0 Å². The molecule has 92 valence electrons. The molecule has 0 aliphatic heterocycles. The van der Waals surface area contributed by atoms with Gasteiger partial charge in [0.05, 0.1) is 7.45 Å². The van der Waals surface area contributed by atoms with Gasteiger partial charge in [-0.2, -0.15) is 0 Å². The summed E-state index contributed by atoms with van der Waals surface area (Å²) in [5, 5.41) is 8.13. The molecule has 2 aromatic heterocycles. The maximum atomic E-state index is 12.3. The Morgan fingerprint density at radius 3 is 3.00 bits per heavy atom. The van der Waals surface area contributed by atoms with Crippen LogP contribution in [0.2, 0.25) is 0 Å². The maximum Gasteiger partial charge on any atom is 0.278 e. The summed E-state index contributed by atoms with van der Waals surface area (Å²) < 4.78 is 3.48. The molecule has 2 heterocycles. The summed E-state index contributed by atoms with van der Waals surface area (Å²) in [4.78, 5) is 12.3. The summed E-state index contributed by atoms with van der Waals surface area (Å²) in [5.41, 5.74) is 1.31. The Hall–Kier alpha value is 0.0700. The first kappa shape index (κ1) is 13.5. The maximum absolute atomic E-state index is 12.3. The van der Waals surface area contributed by atoms with Gasteiger partial charge in [0.1, 0.15) is 5.52 Å². The number of hydrogen-bond donors (Lipinski definition) is 0. The first-order chi connectivity index (χ1) is 8.19. The smallest absolute Gasteiger partial charge is 0.278 e. The van der Waals surface area contributed by atoms with E-state index in [1.54, 1.807) is 15.2 Å². The molecule has 17 heavy (non-hydrogen) atoms. The second-order valence-corrected chi connectivity index (χ2v) is 12.3. The van der Waals surface area contributed by atoms with Crippen molar-refractivity contribution in [2.75, 3.05) is 0 Å². The number of aromatic nitrogens is 4. The lowest BCUT2D eigenvalue weighted by Gasteiger charge is -2.09. The molecule has 0 saturated carbocycles. The molecule has 0 bridgehead atoms. The fourth-order valence-corrected chi connectivity index (χ4v) is 4.44. The van der Waals surface area contributed by atoms with Gasteiger partial charge < -0.3 is 4.57 Å². The van der Waals surface area contributed by atoms with E-state index in [-0.39, 0.29) is 5.56 Å². The Morgan fingerprint density at radius 2 is 2.35 bits per heavy atom. The molecular weight excluding hydrogens is 292 g/mol. The van der Waals surface area contributed by atoms with Crippen molar-refractivity contribution in [1.82, 2.24) is 19.3 Å². The van der Waals surface area contributed by atoms with Crippen molar-refractivity contribution in [2.45, 2.75) is 19.9 Å². The molecule has 5 nitrogen and oxygen atoms in total. The van der Waals surface area contributed by atoms with E-state index >= 15 is 0 Å². The topological polar surface area (TPSA) is 52.7 Å². The Kier molecular flexibility index (Phi) is 4.61. The van der Waals surface area contributed by atoms with E-state index in [0.29, 0.717) is 19.0 Å². The summed E-state index contributed by atoms with van der Waals surface area (Å²) in [6.45, 7) is 2.79. The van der Waals surface area contributed by atoms with Crippen LogP contribution < -0.4 is 5.56 Å². The number of aryl methyl sites for hydroxylation is 1. The van der Waals surface area contributed by atoms with Gasteiger partial charge in [0.25, 0.3) is 5.56 Å². The van der Waals surface area contributed by atoms with Crippen LogP contribution in [0.1, 0.15) is 13.3 Å². The van der Waals surface area contributed by atoms with Gasteiger partial charge in [0.15, 0.2) is 5.52 Å². The molecule has 0 fully saturated rings. The predicted octanol–water partition coefficient (Wildman–Crippen LogP) is 2.42. The molecule has 2 aromatic rings. The molecule has 4 unspecified atom stereocenters. The Balaban J connectivity index is 2.65. The van der Waals surface area contributed by atoms with Gasteiger partial charge in [0, 0.05) is 12.7 Å². The monoisotopic (exact) mass is 306 g/mol. The highest BCUT2D eigenvalue weighted by Crippen LogP contribution is 2.66. The molecule has 0 aromatic carbocycles. The molecule has 2 rings (SSSR count). The van der Waals surface area contributed by atoms with E-state index in [1.165, 1.54) is 0 Å². The van der Waals surface area contributed by atoms with Crippen molar-refractivity contribution in [3.05, 3.63) is 22.6 Å². The fourth-order valence-electron chi connectivity index (χ4n) is 1.58. The summed E-state index contributed by atoms with van der Waals surface area (Å²) in [6.07, 6.45) is 2.73. The van der Waals surface area contributed by atoms with Crippen LogP contribution in [-0.2, 0) is 6.54 Å². The van der Waals surface area contributed by atoms with E-state index in [0.717, 1.165) is 13.0 Å². The largest absolute Gasteiger partial charge is 0.314 e. The molecule has 4 atom stereocenters. The lowest BCUT2D eigenvalue weighted by molar-refractivity contribution is 0.658. The van der Waals surface area contributed by atoms with Gasteiger partial charge in [-0.25, -0.2) is 4.45 Å². The Bertz CT molecular complexity index is 580. The van der Waals surface area contributed by atoms with Crippen LogP contribution in [0.5, 0.6) is 0 Å².